The molecule has 1 aromatic rings. The number of amides is 1. The second kappa shape index (κ2) is 5.66. The molecule has 6 nitrogen and oxygen atoms in total. The van der Waals surface area contributed by atoms with Gasteiger partial charge in [-0.3, -0.25) is 4.79 Å². The summed E-state index contributed by atoms with van der Waals surface area (Å²) in [5.41, 5.74) is -1.97. The Labute approximate surface area is 108 Å². The highest BCUT2D eigenvalue weighted by atomic mass is 19.1. The minimum atomic E-state index is -2.07. The molecule has 0 bridgehead atoms. The quantitative estimate of drug-likeness (QED) is 0.720. The number of halogens is 1. The normalized spacial score (nSPS) is 13.5. The monoisotopic (exact) mass is 271 g/mol. The number of carboxylic acid groups (broad SMARTS) is 1. The molecule has 1 rings (SSSR count). The molecule has 7 heteroatoms. The molecule has 0 saturated carbocycles. The molecule has 0 fully saturated rings. The van der Waals surface area contributed by atoms with E-state index in [0.29, 0.717) is 0 Å². The molecule has 0 saturated heterocycles. The second-order valence-corrected chi connectivity index (χ2v) is 4.11. The Morgan fingerprint density at radius 2 is 2.11 bits per heavy atom. The van der Waals surface area contributed by atoms with Gasteiger partial charge in [-0.05, 0) is 25.1 Å². The molecule has 1 unspecified atom stereocenters. The Morgan fingerprint density at radius 1 is 1.47 bits per heavy atom. The third-order valence-corrected chi connectivity index (χ3v) is 2.47. The lowest BCUT2D eigenvalue weighted by Crippen LogP contribution is -2.46. The summed E-state index contributed by atoms with van der Waals surface area (Å²) in [5, 5.41) is 20.3. The highest BCUT2D eigenvalue weighted by Gasteiger charge is 2.30. The summed E-state index contributed by atoms with van der Waals surface area (Å²) in [6.07, 6.45) is 0. The summed E-state index contributed by atoms with van der Waals surface area (Å²) < 4.78 is 17.9. The van der Waals surface area contributed by atoms with Crippen molar-refractivity contribution in [3.8, 4) is 5.75 Å². The first kappa shape index (κ1) is 14.9. The molecule has 0 heterocycles. The maximum Gasteiger partial charge on any atom is 0.337 e. The number of carbonyl (C=O) groups excluding carboxylic acids is 1. The van der Waals surface area contributed by atoms with Crippen molar-refractivity contribution >= 4 is 11.9 Å². The third-order valence-electron chi connectivity index (χ3n) is 2.47. The zero-order valence-electron chi connectivity index (χ0n) is 10.4. The van der Waals surface area contributed by atoms with E-state index in [-0.39, 0.29) is 11.3 Å². The van der Waals surface area contributed by atoms with Crippen molar-refractivity contribution < 1.29 is 28.9 Å². The van der Waals surface area contributed by atoms with Crippen molar-refractivity contribution in [2.75, 3.05) is 13.7 Å². The fourth-order valence-corrected chi connectivity index (χ4v) is 1.23. The van der Waals surface area contributed by atoms with Crippen LogP contribution in [0, 0.1) is 5.82 Å². The number of carboxylic acids is 1. The Balaban J connectivity index is 2.77. The van der Waals surface area contributed by atoms with Gasteiger partial charge >= 0.3 is 5.97 Å². The molecular formula is C12H14FNO5. The summed E-state index contributed by atoms with van der Waals surface area (Å²) in [4.78, 5) is 22.3. The van der Waals surface area contributed by atoms with Crippen LogP contribution in [0.4, 0.5) is 4.39 Å². The standard InChI is InChI=1S/C12H14FNO5/c1-12(18,11(16)17)6-14-10(15)7-3-4-8(13)9(5-7)19-2/h3-5,18H,6H2,1-2H3,(H,14,15)(H,16,17). The van der Waals surface area contributed by atoms with Crippen molar-refractivity contribution in [1.82, 2.24) is 5.32 Å². The summed E-state index contributed by atoms with van der Waals surface area (Å²) in [6.45, 7) is 0.585. The molecule has 0 aliphatic rings. The third kappa shape index (κ3) is 3.65. The van der Waals surface area contributed by atoms with Gasteiger partial charge in [0.15, 0.2) is 17.2 Å². The number of ether oxygens (including phenoxy) is 1. The van der Waals surface area contributed by atoms with Crippen LogP contribution in [0.3, 0.4) is 0 Å². The maximum absolute atomic E-state index is 13.1. The number of rotatable bonds is 5. The number of aliphatic hydroxyl groups is 1. The van der Waals surface area contributed by atoms with E-state index in [9.17, 15) is 19.1 Å². The molecule has 1 atom stereocenters. The van der Waals surface area contributed by atoms with Gasteiger partial charge in [0.2, 0.25) is 0 Å². The summed E-state index contributed by atoms with van der Waals surface area (Å²) in [6, 6.07) is 3.46. The SMILES string of the molecule is COc1cc(C(=O)NCC(C)(O)C(=O)O)ccc1F. The first-order valence-electron chi connectivity index (χ1n) is 5.35. The molecule has 0 aromatic heterocycles. The predicted molar refractivity (Wildman–Crippen MR) is 63.5 cm³/mol. The van der Waals surface area contributed by atoms with Crippen molar-refractivity contribution in [2.24, 2.45) is 0 Å². The average Bonchev–Trinajstić information content (AvgIpc) is 2.36. The summed E-state index contributed by atoms with van der Waals surface area (Å²) in [7, 11) is 1.26. The molecule has 0 radical (unpaired) electrons. The van der Waals surface area contributed by atoms with Gasteiger partial charge in [-0.1, -0.05) is 0 Å². The smallest absolute Gasteiger partial charge is 0.337 e. The molecule has 0 aliphatic carbocycles. The van der Waals surface area contributed by atoms with Crippen LogP contribution in [-0.4, -0.2) is 41.3 Å². The molecule has 0 spiro atoms. The van der Waals surface area contributed by atoms with Crippen molar-refractivity contribution in [3.63, 3.8) is 0 Å². The van der Waals surface area contributed by atoms with Crippen LogP contribution in [0.2, 0.25) is 0 Å². The fourth-order valence-electron chi connectivity index (χ4n) is 1.23. The Bertz CT molecular complexity index is 501. The van der Waals surface area contributed by atoms with Gasteiger partial charge in [0.1, 0.15) is 0 Å². The molecule has 1 aromatic carbocycles. The maximum atomic E-state index is 13.1. The van der Waals surface area contributed by atoms with E-state index < -0.39 is 29.8 Å². The molecule has 19 heavy (non-hydrogen) atoms. The minimum Gasteiger partial charge on any atom is -0.494 e. The number of methoxy groups -OCH3 is 1. The number of nitrogens with one attached hydrogen (secondary N) is 1. The first-order valence-corrected chi connectivity index (χ1v) is 5.35. The van der Waals surface area contributed by atoms with Gasteiger partial charge in [0, 0.05) is 5.56 Å². The van der Waals surface area contributed by atoms with Crippen LogP contribution < -0.4 is 10.1 Å². The predicted octanol–water partition coefficient (Wildman–Crippen LogP) is 0.400. The molecule has 3 N–H and O–H groups in total. The zero-order chi connectivity index (χ0) is 14.6. The largest absolute Gasteiger partial charge is 0.494 e. The fraction of sp³-hybridized carbons (Fsp3) is 0.333. The van der Waals surface area contributed by atoms with Gasteiger partial charge in [-0.25, -0.2) is 9.18 Å². The lowest BCUT2D eigenvalue weighted by molar-refractivity contribution is -0.155. The molecule has 104 valence electrons. The Hall–Kier alpha value is -2.15. The van der Waals surface area contributed by atoms with Crippen LogP contribution in [0.5, 0.6) is 5.75 Å². The van der Waals surface area contributed by atoms with E-state index in [0.717, 1.165) is 13.0 Å². The van der Waals surface area contributed by atoms with E-state index in [2.05, 4.69) is 5.32 Å². The van der Waals surface area contributed by atoms with Crippen LogP contribution in [0.1, 0.15) is 17.3 Å². The van der Waals surface area contributed by atoms with E-state index in [1.807, 2.05) is 0 Å². The van der Waals surface area contributed by atoms with Crippen LogP contribution >= 0.6 is 0 Å². The Kier molecular flexibility index (Phi) is 4.44. The van der Waals surface area contributed by atoms with E-state index in [1.165, 1.54) is 19.2 Å². The number of hydrogen-bond acceptors (Lipinski definition) is 4. The highest BCUT2D eigenvalue weighted by molar-refractivity contribution is 5.95. The van der Waals surface area contributed by atoms with Gasteiger partial charge in [-0.2, -0.15) is 0 Å². The first-order chi connectivity index (χ1) is 8.77. The van der Waals surface area contributed by atoms with Gasteiger partial charge < -0.3 is 20.3 Å². The van der Waals surface area contributed by atoms with Crippen LogP contribution in [-0.2, 0) is 4.79 Å². The summed E-state index contributed by atoms with van der Waals surface area (Å²) in [5.74, 6) is -2.81. The second-order valence-electron chi connectivity index (χ2n) is 4.11. The lowest BCUT2D eigenvalue weighted by Gasteiger charge is -2.18. The zero-order valence-corrected chi connectivity index (χ0v) is 10.4. The highest BCUT2D eigenvalue weighted by Crippen LogP contribution is 2.18. The molecule has 1 amide bonds. The Morgan fingerprint density at radius 3 is 2.63 bits per heavy atom. The van der Waals surface area contributed by atoms with Gasteiger partial charge in [0.05, 0.1) is 13.7 Å². The van der Waals surface area contributed by atoms with E-state index >= 15 is 0 Å². The van der Waals surface area contributed by atoms with Crippen LogP contribution in [0.15, 0.2) is 18.2 Å². The lowest BCUT2D eigenvalue weighted by atomic mass is 10.1. The van der Waals surface area contributed by atoms with E-state index in [1.54, 1.807) is 0 Å². The molecule has 0 aliphatic heterocycles. The minimum absolute atomic E-state index is 0.0967. The summed E-state index contributed by atoms with van der Waals surface area (Å²) >= 11 is 0. The van der Waals surface area contributed by atoms with Crippen molar-refractivity contribution in [3.05, 3.63) is 29.6 Å². The van der Waals surface area contributed by atoms with Gasteiger partial charge in [0.25, 0.3) is 5.91 Å². The number of aliphatic carboxylic acids is 1. The average molecular weight is 271 g/mol. The number of benzene rings is 1. The number of hydrogen-bond donors (Lipinski definition) is 3. The molecular weight excluding hydrogens is 257 g/mol. The number of carbonyl (C=O) groups is 2. The van der Waals surface area contributed by atoms with Gasteiger partial charge in [-0.15, -0.1) is 0 Å². The van der Waals surface area contributed by atoms with Crippen LogP contribution in [0.25, 0.3) is 0 Å². The van der Waals surface area contributed by atoms with E-state index in [4.69, 9.17) is 9.84 Å². The topological polar surface area (TPSA) is 95.9 Å². The van der Waals surface area contributed by atoms with Crippen molar-refractivity contribution in [2.45, 2.75) is 12.5 Å². The van der Waals surface area contributed by atoms with Crippen molar-refractivity contribution in [1.29, 1.82) is 0 Å².